The zero-order valence-electron chi connectivity index (χ0n) is 14.9. The second-order valence-corrected chi connectivity index (χ2v) is 6.98. The second kappa shape index (κ2) is 9.71. The lowest BCUT2D eigenvalue weighted by Crippen LogP contribution is -2.30. The summed E-state index contributed by atoms with van der Waals surface area (Å²) in [6.07, 6.45) is 3.92. The maximum atomic E-state index is 9.61. The Balaban J connectivity index is 1.52. The number of benzene rings is 2. The van der Waals surface area contributed by atoms with Gasteiger partial charge in [-0.1, -0.05) is 60.7 Å². The highest BCUT2D eigenvalue weighted by Gasteiger charge is 2.19. The van der Waals surface area contributed by atoms with Crippen LogP contribution in [-0.2, 0) is 17.8 Å². The van der Waals surface area contributed by atoms with Gasteiger partial charge < -0.3 is 9.84 Å². The third-order valence-electron chi connectivity index (χ3n) is 4.90. The summed E-state index contributed by atoms with van der Waals surface area (Å²) in [5, 5.41) is 9.61. The second-order valence-electron chi connectivity index (χ2n) is 6.98. The molecule has 1 aliphatic carbocycles. The van der Waals surface area contributed by atoms with E-state index in [0.717, 1.165) is 51.9 Å². The first-order chi connectivity index (χ1) is 12.3. The minimum absolute atomic E-state index is 0.118. The Bertz CT molecular complexity index is 552. The van der Waals surface area contributed by atoms with Crippen LogP contribution in [-0.4, -0.2) is 35.4 Å². The Labute approximate surface area is 151 Å². The van der Waals surface area contributed by atoms with Gasteiger partial charge >= 0.3 is 0 Å². The van der Waals surface area contributed by atoms with Crippen LogP contribution in [0, 0.1) is 0 Å². The van der Waals surface area contributed by atoms with Crippen LogP contribution in [0.4, 0.5) is 0 Å². The van der Waals surface area contributed by atoms with Gasteiger partial charge in [0.05, 0.1) is 18.8 Å². The van der Waals surface area contributed by atoms with E-state index in [9.17, 15) is 5.11 Å². The van der Waals surface area contributed by atoms with Crippen LogP contribution in [0.5, 0.6) is 0 Å². The quantitative estimate of drug-likeness (QED) is 0.789. The van der Waals surface area contributed by atoms with E-state index < -0.39 is 0 Å². The first-order valence-corrected chi connectivity index (χ1v) is 9.39. The highest BCUT2D eigenvalue weighted by atomic mass is 16.5. The van der Waals surface area contributed by atoms with Crippen LogP contribution >= 0.6 is 0 Å². The molecule has 3 rings (SSSR count). The zero-order chi connectivity index (χ0) is 17.3. The van der Waals surface area contributed by atoms with Crippen LogP contribution < -0.4 is 0 Å². The molecule has 0 heterocycles. The standard InChI is InChI=1S/C22H29NO2/c24-21-11-13-22(14-12-21)25-16-15-23(17-19-7-3-1-4-8-19)18-20-9-5-2-6-10-20/h1-10,21-22,24H,11-18H2/t21-,22-. The summed E-state index contributed by atoms with van der Waals surface area (Å²) in [5.41, 5.74) is 2.67. The molecule has 3 heteroatoms. The highest BCUT2D eigenvalue weighted by Crippen LogP contribution is 2.21. The molecule has 1 saturated carbocycles. The largest absolute Gasteiger partial charge is 0.393 e. The molecule has 0 amide bonds. The minimum atomic E-state index is -0.118. The van der Waals surface area contributed by atoms with Gasteiger partial charge in [0.1, 0.15) is 0 Å². The first kappa shape index (κ1) is 18.1. The molecule has 0 bridgehead atoms. The van der Waals surface area contributed by atoms with E-state index in [-0.39, 0.29) is 6.10 Å². The molecule has 0 atom stereocenters. The highest BCUT2D eigenvalue weighted by molar-refractivity contribution is 5.17. The molecule has 0 aliphatic heterocycles. The number of rotatable bonds is 8. The van der Waals surface area contributed by atoms with Gasteiger partial charge in [0, 0.05) is 19.6 Å². The third-order valence-corrected chi connectivity index (χ3v) is 4.90. The Kier molecular flexibility index (Phi) is 7.04. The lowest BCUT2D eigenvalue weighted by atomic mass is 9.95. The van der Waals surface area contributed by atoms with Crippen molar-refractivity contribution in [3.05, 3.63) is 71.8 Å². The average molecular weight is 339 g/mol. The van der Waals surface area contributed by atoms with E-state index >= 15 is 0 Å². The van der Waals surface area contributed by atoms with Crippen LogP contribution in [0.2, 0.25) is 0 Å². The van der Waals surface area contributed by atoms with E-state index in [1.165, 1.54) is 11.1 Å². The molecule has 0 spiro atoms. The van der Waals surface area contributed by atoms with Crippen molar-refractivity contribution in [2.24, 2.45) is 0 Å². The third kappa shape index (κ3) is 6.28. The smallest absolute Gasteiger partial charge is 0.0597 e. The molecule has 0 saturated heterocycles. The Morgan fingerprint density at radius 2 is 1.32 bits per heavy atom. The summed E-state index contributed by atoms with van der Waals surface area (Å²) in [7, 11) is 0. The number of hydrogen-bond donors (Lipinski definition) is 1. The van der Waals surface area contributed by atoms with Crippen molar-refractivity contribution in [1.29, 1.82) is 0 Å². The van der Waals surface area contributed by atoms with Crippen molar-refractivity contribution in [2.45, 2.75) is 51.0 Å². The van der Waals surface area contributed by atoms with Gasteiger partial charge in [-0.3, -0.25) is 4.90 Å². The van der Waals surface area contributed by atoms with E-state index in [0.29, 0.717) is 6.10 Å². The molecule has 1 aliphatic rings. The van der Waals surface area contributed by atoms with Gasteiger partial charge in [-0.05, 0) is 36.8 Å². The molecule has 25 heavy (non-hydrogen) atoms. The van der Waals surface area contributed by atoms with Crippen LogP contribution in [0.3, 0.4) is 0 Å². The summed E-state index contributed by atoms with van der Waals surface area (Å²) in [5.74, 6) is 0. The summed E-state index contributed by atoms with van der Waals surface area (Å²) in [6, 6.07) is 21.2. The summed E-state index contributed by atoms with van der Waals surface area (Å²) >= 11 is 0. The van der Waals surface area contributed by atoms with Crippen LogP contribution in [0.15, 0.2) is 60.7 Å². The predicted octanol–water partition coefficient (Wildman–Crippen LogP) is 4.01. The van der Waals surface area contributed by atoms with Gasteiger partial charge in [-0.25, -0.2) is 0 Å². The Morgan fingerprint density at radius 1 is 0.800 bits per heavy atom. The zero-order valence-corrected chi connectivity index (χ0v) is 14.9. The normalized spacial score (nSPS) is 20.7. The first-order valence-electron chi connectivity index (χ1n) is 9.39. The molecular formula is C22H29NO2. The van der Waals surface area contributed by atoms with Crippen molar-refractivity contribution < 1.29 is 9.84 Å². The number of ether oxygens (including phenoxy) is 1. The van der Waals surface area contributed by atoms with Gasteiger partial charge in [0.25, 0.3) is 0 Å². The van der Waals surface area contributed by atoms with E-state index in [4.69, 9.17) is 4.74 Å². The molecule has 1 N–H and O–H groups in total. The van der Waals surface area contributed by atoms with Gasteiger partial charge in [0.15, 0.2) is 0 Å². The van der Waals surface area contributed by atoms with Crippen molar-refractivity contribution in [3.63, 3.8) is 0 Å². The lowest BCUT2D eigenvalue weighted by Gasteiger charge is -2.27. The average Bonchev–Trinajstić information content (AvgIpc) is 2.65. The fourth-order valence-electron chi connectivity index (χ4n) is 3.46. The van der Waals surface area contributed by atoms with Crippen molar-refractivity contribution in [1.82, 2.24) is 4.90 Å². The number of hydrogen-bond acceptors (Lipinski definition) is 3. The molecule has 134 valence electrons. The number of aliphatic hydroxyl groups excluding tert-OH is 1. The lowest BCUT2D eigenvalue weighted by molar-refractivity contribution is -0.0119. The van der Waals surface area contributed by atoms with Gasteiger partial charge in [-0.15, -0.1) is 0 Å². The Morgan fingerprint density at radius 3 is 1.84 bits per heavy atom. The molecule has 3 nitrogen and oxygen atoms in total. The fourth-order valence-corrected chi connectivity index (χ4v) is 3.46. The molecule has 0 radical (unpaired) electrons. The molecule has 2 aromatic rings. The van der Waals surface area contributed by atoms with Crippen molar-refractivity contribution in [2.75, 3.05) is 13.2 Å². The van der Waals surface area contributed by atoms with E-state index in [1.807, 2.05) is 0 Å². The van der Waals surface area contributed by atoms with Crippen LogP contribution in [0.1, 0.15) is 36.8 Å². The molecule has 1 fully saturated rings. The monoisotopic (exact) mass is 339 g/mol. The maximum absolute atomic E-state index is 9.61. The Hall–Kier alpha value is -1.68. The fraction of sp³-hybridized carbons (Fsp3) is 0.455. The molecule has 0 unspecified atom stereocenters. The predicted molar refractivity (Wildman–Crippen MR) is 101 cm³/mol. The van der Waals surface area contributed by atoms with E-state index in [2.05, 4.69) is 65.6 Å². The van der Waals surface area contributed by atoms with Crippen molar-refractivity contribution in [3.8, 4) is 0 Å². The summed E-state index contributed by atoms with van der Waals surface area (Å²) in [4.78, 5) is 2.45. The van der Waals surface area contributed by atoms with Crippen molar-refractivity contribution >= 4 is 0 Å². The van der Waals surface area contributed by atoms with Gasteiger partial charge in [-0.2, -0.15) is 0 Å². The summed E-state index contributed by atoms with van der Waals surface area (Å²) in [6.45, 7) is 3.54. The molecule has 0 aromatic heterocycles. The topological polar surface area (TPSA) is 32.7 Å². The SMILES string of the molecule is O[C@H]1CC[C@H](OCCN(Cc2ccccc2)Cc2ccccc2)CC1. The van der Waals surface area contributed by atoms with Gasteiger partial charge in [0.2, 0.25) is 0 Å². The summed E-state index contributed by atoms with van der Waals surface area (Å²) < 4.78 is 6.08. The van der Waals surface area contributed by atoms with E-state index in [1.54, 1.807) is 0 Å². The molecule has 2 aromatic carbocycles. The number of nitrogens with zero attached hydrogens (tertiary/aromatic N) is 1. The number of aliphatic hydroxyl groups is 1. The maximum Gasteiger partial charge on any atom is 0.0597 e. The minimum Gasteiger partial charge on any atom is -0.393 e. The molecular weight excluding hydrogens is 310 g/mol. The van der Waals surface area contributed by atoms with Crippen LogP contribution in [0.25, 0.3) is 0 Å².